The summed E-state index contributed by atoms with van der Waals surface area (Å²) < 4.78 is 5.03. The van der Waals surface area contributed by atoms with Crippen LogP contribution in [-0.2, 0) is 9.53 Å². The fourth-order valence-electron chi connectivity index (χ4n) is 1.74. The number of amidine groups is 1. The summed E-state index contributed by atoms with van der Waals surface area (Å²) in [4.78, 5) is 18.1. The van der Waals surface area contributed by atoms with Crippen molar-refractivity contribution in [3.63, 3.8) is 0 Å². The summed E-state index contributed by atoms with van der Waals surface area (Å²) in [5.41, 5.74) is 7.27. The van der Waals surface area contributed by atoms with E-state index in [1.807, 2.05) is 6.26 Å². The zero-order valence-electron chi connectivity index (χ0n) is 12.2. The van der Waals surface area contributed by atoms with Gasteiger partial charge in [-0.3, -0.25) is 9.69 Å². The number of hydrogen-bond donors (Lipinski definition) is 1. The molecule has 20 heavy (non-hydrogen) atoms. The molecule has 1 heterocycles. The first-order valence-corrected chi connectivity index (χ1v) is 7.50. The molecule has 0 aromatic heterocycles. The van der Waals surface area contributed by atoms with Gasteiger partial charge in [0.05, 0.1) is 5.03 Å². The van der Waals surface area contributed by atoms with Gasteiger partial charge in [0, 0.05) is 37.6 Å². The summed E-state index contributed by atoms with van der Waals surface area (Å²) in [7, 11) is 1.64. The molecule has 110 valence electrons. The van der Waals surface area contributed by atoms with Crippen molar-refractivity contribution < 1.29 is 9.53 Å². The molecule has 0 fully saturated rings. The smallest absolute Gasteiger partial charge is 0.252 e. The maximum atomic E-state index is 12.1. The predicted molar refractivity (Wildman–Crippen MR) is 84.3 cm³/mol. The van der Waals surface area contributed by atoms with Crippen LogP contribution in [0.3, 0.4) is 0 Å². The van der Waals surface area contributed by atoms with Crippen LogP contribution in [0.15, 0.2) is 40.0 Å². The molecule has 0 spiro atoms. The quantitative estimate of drug-likeness (QED) is 0.760. The van der Waals surface area contributed by atoms with Gasteiger partial charge in [-0.05, 0) is 25.7 Å². The van der Waals surface area contributed by atoms with Crippen LogP contribution >= 0.6 is 11.8 Å². The fraction of sp³-hybridized carbons (Fsp3) is 0.429. The molecule has 0 atom stereocenters. The van der Waals surface area contributed by atoms with Gasteiger partial charge < -0.3 is 10.5 Å². The van der Waals surface area contributed by atoms with Gasteiger partial charge in [-0.2, -0.15) is 0 Å². The highest BCUT2D eigenvalue weighted by atomic mass is 32.2. The van der Waals surface area contributed by atoms with Crippen LogP contribution < -0.4 is 5.73 Å². The van der Waals surface area contributed by atoms with Gasteiger partial charge in [0.15, 0.2) is 0 Å². The van der Waals surface area contributed by atoms with E-state index in [4.69, 9.17) is 10.5 Å². The lowest BCUT2D eigenvalue weighted by Gasteiger charge is -2.27. The van der Waals surface area contributed by atoms with E-state index in [-0.39, 0.29) is 5.91 Å². The van der Waals surface area contributed by atoms with Gasteiger partial charge >= 0.3 is 0 Å². The molecular weight excluding hydrogens is 274 g/mol. The van der Waals surface area contributed by atoms with Crippen molar-refractivity contribution in [1.82, 2.24) is 4.90 Å². The van der Waals surface area contributed by atoms with Crippen LogP contribution in [0, 0.1) is 0 Å². The van der Waals surface area contributed by atoms with Crippen molar-refractivity contribution in [2.75, 3.05) is 26.5 Å². The summed E-state index contributed by atoms with van der Waals surface area (Å²) in [6, 6.07) is 0. The van der Waals surface area contributed by atoms with Gasteiger partial charge in [0.2, 0.25) is 0 Å². The Labute approximate surface area is 124 Å². The van der Waals surface area contributed by atoms with Crippen LogP contribution in [0.25, 0.3) is 0 Å². The lowest BCUT2D eigenvalue weighted by molar-refractivity contribution is -0.122. The molecule has 6 heteroatoms. The van der Waals surface area contributed by atoms with Crippen molar-refractivity contribution in [1.29, 1.82) is 0 Å². The molecular formula is C14H21N3O2S. The number of nitrogens with zero attached hydrogens (tertiary/aromatic N) is 2. The van der Waals surface area contributed by atoms with E-state index >= 15 is 0 Å². The second-order valence-electron chi connectivity index (χ2n) is 4.30. The van der Waals surface area contributed by atoms with Crippen LogP contribution in [0.4, 0.5) is 0 Å². The SMILES string of the molecule is C=C(/N=C1\C(=C(\C)N)C=CC(=O)N1CCCOC)SC. The Kier molecular flexibility index (Phi) is 6.54. The lowest BCUT2D eigenvalue weighted by atomic mass is 10.1. The highest BCUT2D eigenvalue weighted by Crippen LogP contribution is 2.20. The number of amides is 1. The van der Waals surface area contributed by atoms with Crippen LogP contribution in [0.5, 0.6) is 0 Å². The highest BCUT2D eigenvalue weighted by molar-refractivity contribution is 8.02. The molecule has 0 aliphatic carbocycles. The second-order valence-corrected chi connectivity index (χ2v) is 5.18. The van der Waals surface area contributed by atoms with Crippen molar-refractivity contribution in [2.45, 2.75) is 13.3 Å². The van der Waals surface area contributed by atoms with Crippen LogP contribution in [-0.4, -0.2) is 43.2 Å². The number of thioether (sulfide) groups is 1. The third-order valence-electron chi connectivity index (χ3n) is 2.78. The average molecular weight is 295 g/mol. The molecule has 0 radical (unpaired) electrons. The van der Waals surface area contributed by atoms with Gasteiger partial charge in [0.1, 0.15) is 5.84 Å². The normalized spacial score (nSPS) is 19.6. The number of allylic oxidation sites excluding steroid dienone is 1. The monoisotopic (exact) mass is 295 g/mol. The highest BCUT2D eigenvalue weighted by Gasteiger charge is 2.25. The van der Waals surface area contributed by atoms with Crippen molar-refractivity contribution in [3.8, 4) is 0 Å². The Morgan fingerprint density at radius 3 is 2.80 bits per heavy atom. The Bertz CT molecular complexity index is 477. The molecule has 2 N–H and O–H groups in total. The van der Waals surface area contributed by atoms with E-state index in [1.165, 1.54) is 17.8 Å². The largest absolute Gasteiger partial charge is 0.402 e. The zero-order valence-corrected chi connectivity index (χ0v) is 13.0. The number of hydrogen-bond acceptors (Lipinski definition) is 5. The molecule has 1 aliphatic heterocycles. The molecule has 0 unspecified atom stereocenters. The number of carbonyl (C=O) groups excluding carboxylic acids is 1. The minimum Gasteiger partial charge on any atom is -0.402 e. The maximum Gasteiger partial charge on any atom is 0.252 e. The lowest BCUT2D eigenvalue weighted by Crippen LogP contribution is -2.41. The molecule has 1 amide bonds. The Morgan fingerprint density at radius 1 is 1.55 bits per heavy atom. The van der Waals surface area contributed by atoms with Crippen LogP contribution in [0.2, 0.25) is 0 Å². The minimum atomic E-state index is -0.0984. The molecule has 0 aromatic carbocycles. The Morgan fingerprint density at radius 2 is 2.25 bits per heavy atom. The summed E-state index contributed by atoms with van der Waals surface area (Å²) in [6.45, 7) is 6.76. The zero-order chi connectivity index (χ0) is 15.1. The molecule has 0 saturated carbocycles. The molecule has 1 rings (SSSR count). The van der Waals surface area contributed by atoms with E-state index in [0.29, 0.717) is 29.7 Å². The van der Waals surface area contributed by atoms with E-state index in [2.05, 4.69) is 11.6 Å². The number of methoxy groups -OCH3 is 1. The predicted octanol–water partition coefficient (Wildman–Crippen LogP) is 1.89. The molecule has 1 aliphatic rings. The first kappa shape index (κ1) is 16.5. The minimum absolute atomic E-state index is 0.0984. The van der Waals surface area contributed by atoms with Crippen molar-refractivity contribution >= 4 is 23.5 Å². The maximum absolute atomic E-state index is 12.1. The molecule has 0 aromatic rings. The summed E-state index contributed by atoms with van der Waals surface area (Å²) in [6.07, 6.45) is 5.84. The van der Waals surface area contributed by atoms with Gasteiger partial charge in [-0.15, -0.1) is 11.8 Å². The number of carbonyl (C=O) groups is 1. The third-order valence-corrected chi connectivity index (χ3v) is 3.34. The first-order chi connectivity index (χ1) is 9.51. The first-order valence-electron chi connectivity index (χ1n) is 6.28. The Balaban J connectivity index is 3.12. The summed E-state index contributed by atoms with van der Waals surface area (Å²) in [5, 5.41) is 0.638. The van der Waals surface area contributed by atoms with E-state index in [1.54, 1.807) is 25.0 Å². The van der Waals surface area contributed by atoms with E-state index < -0.39 is 0 Å². The average Bonchev–Trinajstić information content (AvgIpc) is 2.41. The summed E-state index contributed by atoms with van der Waals surface area (Å²) >= 11 is 1.43. The topological polar surface area (TPSA) is 67.9 Å². The van der Waals surface area contributed by atoms with Gasteiger partial charge in [-0.25, -0.2) is 4.99 Å². The Hall–Kier alpha value is -1.53. The van der Waals surface area contributed by atoms with Crippen molar-refractivity contribution in [2.24, 2.45) is 10.7 Å². The third kappa shape index (κ3) is 4.25. The van der Waals surface area contributed by atoms with Crippen molar-refractivity contribution in [3.05, 3.63) is 35.0 Å². The molecule has 0 bridgehead atoms. The van der Waals surface area contributed by atoms with Gasteiger partial charge in [-0.1, -0.05) is 6.58 Å². The van der Waals surface area contributed by atoms with E-state index in [9.17, 15) is 4.79 Å². The molecule has 0 saturated heterocycles. The van der Waals surface area contributed by atoms with E-state index in [0.717, 1.165) is 12.0 Å². The molecule has 5 nitrogen and oxygen atoms in total. The number of nitrogens with two attached hydrogens (primary N) is 1. The number of rotatable bonds is 6. The summed E-state index contributed by atoms with van der Waals surface area (Å²) in [5.74, 6) is 0.465. The number of aliphatic imine (C=N–C) groups is 1. The number of ether oxygens (including phenoxy) is 1. The fourth-order valence-corrected chi connectivity index (χ4v) is 1.92. The van der Waals surface area contributed by atoms with Crippen LogP contribution in [0.1, 0.15) is 13.3 Å². The second kappa shape index (κ2) is 7.91. The van der Waals surface area contributed by atoms with Gasteiger partial charge in [0.25, 0.3) is 5.91 Å². The standard InChI is InChI=1S/C14H21N3O2S/c1-10(15)12-6-7-13(18)17(8-5-9-19-3)14(12)16-11(2)20-4/h6-7H,2,5,8-9,15H2,1,3-4H3/b12-10-,16-14+.